The van der Waals surface area contributed by atoms with Crippen molar-refractivity contribution < 1.29 is 16.8 Å². The highest BCUT2D eigenvalue weighted by molar-refractivity contribution is 8.09. The Morgan fingerprint density at radius 3 is 2.24 bits per heavy atom. The number of aromatic nitrogens is 1. The number of hydrogen-bond donors (Lipinski definition) is 1. The number of fused-ring (bicyclic) bond motifs is 1. The van der Waals surface area contributed by atoms with E-state index in [-0.39, 0.29) is 24.7 Å². The number of sulfonamides is 1. The average molecular weight is 398 g/mol. The summed E-state index contributed by atoms with van der Waals surface area (Å²) in [7, 11) is -9.16. The first-order valence-electron chi connectivity index (χ1n) is 6.89. The SMILES string of the molecule is NS(=O)(=O)N(c1ccnc2cccc(Cl)c12)S(=O)(=O)c1ccccc1. The lowest BCUT2D eigenvalue weighted by molar-refractivity contribution is 0.585. The monoisotopic (exact) mass is 397 g/mol. The van der Waals surface area contributed by atoms with Gasteiger partial charge in [0, 0.05) is 11.6 Å². The number of nitrogens with zero attached hydrogens (tertiary/aromatic N) is 2. The lowest BCUT2D eigenvalue weighted by Crippen LogP contribution is -2.41. The van der Waals surface area contributed by atoms with Crippen LogP contribution in [0.1, 0.15) is 0 Å². The van der Waals surface area contributed by atoms with Crippen LogP contribution in [-0.2, 0) is 20.2 Å². The fourth-order valence-electron chi connectivity index (χ4n) is 2.39. The summed E-state index contributed by atoms with van der Waals surface area (Å²) in [5.74, 6) is 0. The topological polar surface area (TPSA) is 110 Å². The number of nitrogens with two attached hydrogens (primary N) is 1. The van der Waals surface area contributed by atoms with Gasteiger partial charge in [-0.1, -0.05) is 35.9 Å². The van der Waals surface area contributed by atoms with Crippen molar-refractivity contribution in [2.24, 2.45) is 5.14 Å². The van der Waals surface area contributed by atoms with E-state index >= 15 is 0 Å². The molecule has 0 saturated heterocycles. The van der Waals surface area contributed by atoms with Gasteiger partial charge in [0.15, 0.2) is 0 Å². The number of pyridine rings is 1. The Morgan fingerprint density at radius 2 is 1.60 bits per heavy atom. The van der Waals surface area contributed by atoms with E-state index in [1.54, 1.807) is 18.2 Å². The maximum Gasteiger partial charge on any atom is 0.312 e. The maximum absolute atomic E-state index is 12.9. The van der Waals surface area contributed by atoms with E-state index in [0.29, 0.717) is 5.52 Å². The molecule has 2 aromatic carbocycles. The first-order chi connectivity index (χ1) is 11.7. The second-order valence-corrected chi connectivity index (χ2v) is 8.84. The molecule has 0 atom stereocenters. The fraction of sp³-hybridized carbons (Fsp3) is 0. The lowest BCUT2D eigenvalue weighted by atomic mass is 10.2. The van der Waals surface area contributed by atoms with Gasteiger partial charge in [-0.3, -0.25) is 4.98 Å². The zero-order chi connectivity index (χ0) is 18.2. The van der Waals surface area contributed by atoms with Gasteiger partial charge in [0.1, 0.15) is 0 Å². The Kier molecular flexibility index (Phi) is 4.41. The van der Waals surface area contributed by atoms with Gasteiger partial charge in [0.2, 0.25) is 0 Å². The molecule has 0 unspecified atom stereocenters. The maximum atomic E-state index is 12.9. The van der Waals surface area contributed by atoms with Crippen LogP contribution in [-0.4, -0.2) is 21.8 Å². The molecular formula is C15H12ClN3O4S2. The van der Waals surface area contributed by atoms with Gasteiger partial charge in [0.25, 0.3) is 10.0 Å². The third-order valence-electron chi connectivity index (χ3n) is 3.38. The van der Waals surface area contributed by atoms with Crippen LogP contribution in [0.2, 0.25) is 5.02 Å². The van der Waals surface area contributed by atoms with Gasteiger partial charge in [-0.15, -0.1) is 3.71 Å². The number of hydrogen-bond acceptors (Lipinski definition) is 5. The van der Waals surface area contributed by atoms with Crippen LogP contribution in [0.5, 0.6) is 0 Å². The van der Waals surface area contributed by atoms with Crippen LogP contribution in [0.15, 0.2) is 65.7 Å². The summed E-state index contributed by atoms with van der Waals surface area (Å²) in [5.41, 5.74) is 0.142. The molecule has 0 amide bonds. The van der Waals surface area contributed by atoms with E-state index in [1.165, 1.54) is 42.6 Å². The summed E-state index contributed by atoms with van der Waals surface area (Å²) in [5, 5.41) is 5.55. The molecule has 3 rings (SSSR count). The Morgan fingerprint density at radius 1 is 0.920 bits per heavy atom. The molecule has 0 fully saturated rings. The van der Waals surface area contributed by atoms with E-state index in [1.807, 2.05) is 0 Å². The largest absolute Gasteiger partial charge is 0.312 e. The highest BCUT2D eigenvalue weighted by Gasteiger charge is 2.35. The van der Waals surface area contributed by atoms with Gasteiger partial charge < -0.3 is 0 Å². The molecule has 0 radical (unpaired) electrons. The third kappa shape index (κ3) is 3.19. The Hall–Kier alpha value is -2.20. The minimum absolute atomic E-state index is 0.150. The molecule has 0 spiro atoms. The molecule has 0 bridgehead atoms. The van der Waals surface area contributed by atoms with Crippen molar-refractivity contribution in [3.8, 4) is 0 Å². The molecule has 0 saturated carbocycles. The number of halogens is 1. The quantitative estimate of drug-likeness (QED) is 0.726. The number of anilines is 1. The standard InChI is InChI=1S/C15H12ClN3O4S2/c16-12-7-4-8-13-15(12)14(9-10-18-13)19(25(17,22)23)24(20,21)11-5-2-1-3-6-11/h1-10H,(H2,17,22,23). The minimum Gasteiger partial charge on any atom is -0.256 e. The van der Waals surface area contributed by atoms with Crippen LogP contribution in [0.4, 0.5) is 5.69 Å². The highest BCUT2D eigenvalue weighted by atomic mass is 35.5. The highest BCUT2D eigenvalue weighted by Crippen LogP contribution is 2.35. The smallest absolute Gasteiger partial charge is 0.256 e. The predicted molar refractivity (Wildman–Crippen MR) is 96.0 cm³/mol. The summed E-state index contributed by atoms with van der Waals surface area (Å²) < 4.78 is 50.4. The Bertz CT molecular complexity index is 1140. The van der Waals surface area contributed by atoms with Crippen molar-refractivity contribution in [2.75, 3.05) is 3.71 Å². The summed E-state index contributed by atoms with van der Waals surface area (Å²) in [4.78, 5) is 3.86. The molecule has 25 heavy (non-hydrogen) atoms. The summed E-state index contributed by atoms with van der Waals surface area (Å²) in [6.07, 6.45) is 1.28. The Balaban J connectivity index is 2.38. The molecule has 10 heteroatoms. The summed E-state index contributed by atoms with van der Waals surface area (Å²) >= 11 is 6.16. The van der Waals surface area contributed by atoms with Crippen molar-refractivity contribution >= 4 is 48.4 Å². The molecule has 130 valence electrons. The van der Waals surface area contributed by atoms with Crippen molar-refractivity contribution in [3.05, 3.63) is 65.8 Å². The lowest BCUT2D eigenvalue weighted by Gasteiger charge is -2.23. The predicted octanol–water partition coefficient (Wildman–Crippen LogP) is 2.29. The van der Waals surface area contributed by atoms with Gasteiger partial charge in [-0.2, -0.15) is 16.8 Å². The van der Waals surface area contributed by atoms with Crippen LogP contribution < -0.4 is 8.85 Å². The number of benzene rings is 2. The third-order valence-corrected chi connectivity index (χ3v) is 7.07. The zero-order valence-electron chi connectivity index (χ0n) is 12.6. The Labute approximate surface area is 149 Å². The van der Waals surface area contributed by atoms with Crippen molar-refractivity contribution in [1.29, 1.82) is 0 Å². The molecule has 2 N–H and O–H groups in total. The van der Waals surface area contributed by atoms with Crippen molar-refractivity contribution in [2.45, 2.75) is 4.90 Å². The first-order valence-corrected chi connectivity index (χ1v) is 10.2. The molecule has 3 aromatic rings. The van der Waals surface area contributed by atoms with E-state index in [0.717, 1.165) is 0 Å². The normalized spacial score (nSPS) is 12.2. The second-order valence-electron chi connectivity index (χ2n) is 5.02. The molecule has 0 aliphatic heterocycles. The molecule has 1 aromatic heterocycles. The molecule has 7 nitrogen and oxygen atoms in total. The van der Waals surface area contributed by atoms with Gasteiger partial charge in [-0.25, -0.2) is 5.14 Å². The molecular weight excluding hydrogens is 386 g/mol. The van der Waals surface area contributed by atoms with Gasteiger partial charge in [-0.05, 0) is 30.3 Å². The average Bonchev–Trinajstić information content (AvgIpc) is 2.54. The number of rotatable bonds is 4. The van der Waals surface area contributed by atoms with Gasteiger partial charge in [0.05, 0.1) is 21.1 Å². The minimum atomic E-state index is -4.67. The zero-order valence-corrected chi connectivity index (χ0v) is 15.0. The van der Waals surface area contributed by atoms with E-state index in [4.69, 9.17) is 16.7 Å². The summed E-state index contributed by atoms with van der Waals surface area (Å²) in [6.45, 7) is 0. The summed E-state index contributed by atoms with van der Waals surface area (Å²) in [6, 6.07) is 13.1. The second kappa shape index (κ2) is 6.26. The van der Waals surface area contributed by atoms with Crippen molar-refractivity contribution in [1.82, 2.24) is 4.98 Å². The van der Waals surface area contributed by atoms with E-state index < -0.39 is 20.2 Å². The van der Waals surface area contributed by atoms with E-state index in [9.17, 15) is 16.8 Å². The fourth-order valence-corrected chi connectivity index (χ4v) is 5.54. The van der Waals surface area contributed by atoms with Crippen LogP contribution >= 0.6 is 11.6 Å². The molecule has 0 aliphatic carbocycles. The first kappa shape index (κ1) is 17.6. The van der Waals surface area contributed by atoms with Crippen LogP contribution in [0.3, 0.4) is 0 Å². The van der Waals surface area contributed by atoms with Crippen LogP contribution in [0.25, 0.3) is 10.9 Å². The van der Waals surface area contributed by atoms with Crippen molar-refractivity contribution in [3.63, 3.8) is 0 Å². The van der Waals surface area contributed by atoms with Gasteiger partial charge >= 0.3 is 10.2 Å². The molecule has 1 heterocycles. The van der Waals surface area contributed by atoms with Crippen LogP contribution in [0, 0.1) is 0 Å². The molecule has 0 aliphatic rings. The van der Waals surface area contributed by atoms with E-state index in [2.05, 4.69) is 4.98 Å².